The number of furan rings is 1. The molecule has 3 aromatic rings. The number of hydrogen-bond donors (Lipinski definition) is 2. The molecule has 3 rings (SSSR count). The molecule has 0 bridgehead atoms. The Morgan fingerprint density at radius 2 is 1.72 bits per heavy atom. The van der Waals surface area contributed by atoms with Crippen molar-refractivity contribution in [2.24, 2.45) is 0 Å². The zero-order valence-corrected chi connectivity index (χ0v) is 15.4. The number of non-ortho nitro benzene ring substituents is 1. The van der Waals surface area contributed by atoms with Crippen molar-refractivity contribution in [3.8, 4) is 0 Å². The first-order valence-electron chi connectivity index (χ1n) is 8.61. The van der Waals surface area contributed by atoms with Gasteiger partial charge in [-0.15, -0.1) is 0 Å². The number of amides is 2. The Morgan fingerprint density at radius 3 is 2.31 bits per heavy atom. The predicted octanol–water partition coefficient (Wildman–Crippen LogP) is 3.91. The van der Waals surface area contributed by atoms with Crippen LogP contribution in [-0.2, 0) is 4.79 Å². The van der Waals surface area contributed by atoms with E-state index in [0.29, 0.717) is 11.4 Å². The summed E-state index contributed by atoms with van der Waals surface area (Å²) in [6, 6.07) is 15.5. The molecule has 0 atom stereocenters. The summed E-state index contributed by atoms with van der Waals surface area (Å²) in [5.74, 6) is -0.750. The summed E-state index contributed by atoms with van der Waals surface area (Å²) in [7, 11) is 0. The molecule has 0 unspecified atom stereocenters. The Kier molecular flexibility index (Phi) is 5.84. The quantitative estimate of drug-likeness (QED) is 0.376. The maximum atomic E-state index is 12.7. The molecule has 0 radical (unpaired) electrons. The SMILES string of the molecule is Cc1ccc(NC(=O)/C(=C\c2ccco2)NC(=O)c2ccc([N+](=O)[O-])cc2)cc1. The van der Waals surface area contributed by atoms with Crippen molar-refractivity contribution in [3.05, 3.63) is 99.6 Å². The third-order valence-electron chi connectivity index (χ3n) is 3.97. The van der Waals surface area contributed by atoms with E-state index < -0.39 is 16.7 Å². The molecule has 1 aromatic heterocycles. The minimum absolute atomic E-state index is 0.0381. The van der Waals surface area contributed by atoms with Gasteiger partial charge in [0.1, 0.15) is 11.5 Å². The van der Waals surface area contributed by atoms with Crippen LogP contribution in [0.2, 0.25) is 0 Å². The number of benzene rings is 2. The maximum Gasteiger partial charge on any atom is 0.272 e. The molecule has 0 saturated heterocycles. The lowest BCUT2D eigenvalue weighted by atomic mass is 10.2. The van der Waals surface area contributed by atoms with Crippen molar-refractivity contribution in [1.29, 1.82) is 0 Å². The largest absolute Gasteiger partial charge is 0.465 e. The summed E-state index contributed by atoms with van der Waals surface area (Å²) in [5, 5.41) is 16.0. The van der Waals surface area contributed by atoms with Crippen LogP contribution in [0.5, 0.6) is 0 Å². The van der Waals surface area contributed by atoms with Gasteiger partial charge in [-0.05, 0) is 43.3 Å². The Hall–Kier alpha value is -4.20. The number of anilines is 1. The van der Waals surface area contributed by atoms with Crippen molar-refractivity contribution >= 4 is 29.3 Å². The lowest BCUT2D eigenvalue weighted by molar-refractivity contribution is -0.384. The number of aryl methyl sites for hydroxylation is 1. The number of carbonyl (C=O) groups excluding carboxylic acids is 2. The first-order valence-corrected chi connectivity index (χ1v) is 8.61. The lowest BCUT2D eigenvalue weighted by Crippen LogP contribution is -2.30. The van der Waals surface area contributed by atoms with Crippen LogP contribution in [0.3, 0.4) is 0 Å². The van der Waals surface area contributed by atoms with Crippen LogP contribution < -0.4 is 10.6 Å². The number of nitrogens with zero attached hydrogens (tertiary/aromatic N) is 1. The summed E-state index contributed by atoms with van der Waals surface area (Å²) < 4.78 is 5.23. The van der Waals surface area contributed by atoms with Gasteiger partial charge in [0.25, 0.3) is 17.5 Å². The van der Waals surface area contributed by atoms with E-state index in [1.807, 2.05) is 19.1 Å². The third kappa shape index (κ3) is 5.16. The molecule has 8 nitrogen and oxygen atoms in total. The van der Waals surface area contributed by atoms with E-state index >= 15 is 0 Å². The second-order valence-corrected chi connectivity index (χ2v) is 6.15. The molecule has 0 aliphatic rings. The fourth-order valence-corrected chi connectivity index (χ4v) is 2.44. The van der Waals surface area contributed by atoms with Crippen LogP contribution in [-0.4, -0.2) is 16.7 Å². The summed E-state index contributed by atoms with van der Waals surface area (Å²) in [4.78, 5) is 35.4. The van der Waals surface area contributed by atoms with Crippen LogP contribution in [0.25, 0.3) is 6.08 Å². The monoisotopic (exact) mass is 391 g/mol. The highest BCUT2D eigenvalue weighted by Gasteiger charge is 2.16. The summed E-state index contributed by atoms with van der Waals surface area (Å²) in [6.07, 6.45) is 2.84. The Morgan fingerprint density at radius 1 is 1.03 bits per heavy atom. The van der Waals surface area contributed by atoms with Gasteiger partial charge in [-0.3, -0.25) is 19.7 Å². The Labute approximate surface area is 166 Å². The molecule has 146 valence electrons. The van der Waals surface area contributed by atoms with Crippen LogP contribution in [0, 0.1) is 17.0 Å². The topological polar surface area (TPSA) is 114 Å². The predicted molar refractivity (Wildman–Crippen MR) is 107 cm³/mol. The summed E-state index contributed by atoms with van der Waals surface area (Å²) in [6.45, 7) is 1.93. The Bertz CT molecular complexity index is 1050. The summed E-state index contributed by atoms with van der Waals surface area (Å²) >= 11 is 0. The van der Waals surface area contributed by atoms with Gasteiger partial charge in [-0.2, -0.15) is 0 Å². The van der Waals surface area contributed by atoms with Gasteiger partial charge < -0.3 is 15.1 Å². The molecular formula is C21H17N3O5. The van der Waals surface area contributed by atoms with Crippen molar-refractivity contribution in [2.75, 3.05) is 5.32 Å². The molecule has 29 heavy (non-hydrogen) atoms. The second-order valence-electron chi connectivity index (χ2n) is 6.15. The molecule has 0 spiro atoms. The van der Waals surface area contributed by atoms with Crippen LogP contribution in [0.15, 0.2) is 77.0 Å². The van der Waals surface area contributed by atoms with E-state index in [9.17, 15) is 19.7 Å². The standard InChI is InChI=1S/C21H17N3O5/c1-14-4-8-16(9-5-14)22-21(26)19(13-18-3-2-12-29-18)23-20(25)15-6-10-17(11-7-15)24(27)28/h2-13H,1H3,(H,22,26)(H,23,25)/b19-13+. The molecule has 8 heteroatoms. The van der Waals surface area contributed by atoms with Gasteiger partial charge >= 0.3 is 0 Å². The van der Waals surface area contributed by atoms with Crippen molar-refractivity contribution in [3.63, 3.8) is 0 Å². The van der Waals surface area contributed by atoms with Crippen LogP contribution in [0.4, 0.5) is 11.4 Å². The highest BCUT2D eigenvalue weighted by molar-refractivity contribution is 6.10. The normalized spacial score (nSPS) is 11.0. The summed E-state index contributed by atoms with van der Waals surface area (Å²) in [5.41, 5.74) is 1.61. The molecule has 0 aliphatic heterocycles. The smallest absolute Gasteiger partial charge is 0.272 e. The molecule has 2 aromatic carbocycles. The first kappa shape index (κ1) is 19.6. The van der Waals surface area contributed by atoms with E-state index in [1.165, 1.54) is 36.6 Å². The van der Waals surface area contributed by atoms with Gasteiger partial charge in [-0.1, -0.05) is 17.7 Å². The number of nitro benzene ring substituents is 1. The highest BCUT2D eigenvalue weighted by Crippen LogP contribution is 2.14. The van der Waals surface area contributed by atoms with Crippen molar-refractivity contribution in [2.45, 2.75) is 6.92 Å². The maximum absolute atomic E-state index is 12.7. The van der Waals surface area contributed by atoms with Crippen LogP contribution >= 0.6 is 0 Å². The van der Waals surface area contributed by atoms with E-state index in [1.54, 1.807) is 24.3 Å². The fourth-order valence-electron chi connectivity index (χ4n) is 2.44. The zero-order chi connectivity index (χ0) is 20.8. The number of hydrogen-bond acceptors (Lipinski definition) is 5. The van der Waals surface area contributed by atoms with E-state index in [4.69, 9.17) is 4.42 Å². The molecule has 2 amide bonds. The van der Waals surface area contributed by atoms with Gasteiger partial charge in [0.15, 0.2) is 0 Å². The molecule has 0 fully saturated rings. The molecular weight excluding hydrogens is 374 g/mol. The average molecular weight is 391 g/mol. The fraction of sp³-hybridized carbons (Fsp3) is 0.0476. The highest BCUT2D eigenvalue weighted by atomic mass is 16.6. The zero-order valence-electron chi connectivity index (χ0n) is 15.4. The molecule has 2 N–H and O–H groups in total. The van der Waals surface area contributed by atoms with Crippen molar-refractivity contribution in [1.82, 2.24) is 5.32 Å². The third-order valence-corrected chi connectivity index (χ3v) is 3.97. The number of carbonyl (C=O) groups is 2. The molecule has 0 aliphatic carbocycles. The van der Waals surface area contributed by atoms with E-state index in [-0.39, 0.29) is 16.9 Å². The Balaban J connectivity index is 1.81. The van der Waals surface area contributed by atoms with Crippen LogP contribution in [0.1, 0.15) is 21.7 Å². The second kappa shape index (κ2) is 8.66. The van der Waals surface area contributed by atoms with Gasteiger partial charge in [-0.25, -0.2) is 0 Å². The minimum Gasteiger partial charge on any atom is -0.465 e. The number of nitrogens with one attached hydrogen (secondary N) is 2. The van der Waals surface area contributed by atoms with Gasteiger partial charge in [0.2, 0.25) is 0 Å². The van der Waals surface area contributed by atoms with Gasteiger partial charge in [0, 0.05) is 29.5 Å². The van der Waals surface area contributed by atoms with E-state index in [0.717, 1.165) is 5.56 Å². The minimum atomic E-state index is -0.586. The van der Waals surface area contributed by atoms with E-state index in [2.05, 4.69) is 10.6 Å². The number of rotatable bonds is 6. The molecule has 0 saturated carbocycles. The van der Waals surface area contributed by atoms with Gasteiger partial charge in [0.05, 0.1) is 11.2 Å². The number of nitro groups is 1. The molecule has 1 heterocycles. The van der Waals surface area contributed by atoms with Crippen molar-refractivity contribution < 1.29 is 18.9 Å². The lowest BCUT2D eigenvalue weighted by Gasteiger charge is -2.11. The first-order chi connectivity index (χ1) is 13.9. The average Bonchev–Trinajstić information content (AvgIpc) is 3.22.